The van der Waals surface area contributed by atoms with E-state index in [0.29, 0.717) is 24.5 Å². The van der Waals surface area contributed by atoms with Gasteiger partial charge in [0.15, 0.2) is 5.78 Å². The Balaban J connectivity index is 2.13. The van der Waals surface area contributed by atoms with Gasteiger partial charge in [0.2, 0.25) is 0 Å². The molecule has 2 saturated carbocycles. The topological polar surface area (TPSA) is 34.1 Å². The standard InChI is InChI=1S/C22H32O2Si/c1-20(2)17-8-12-22(13-14-25(4,5)6)11-7-16(23)15-18(22)21(17,3)10-9-19(20)24/h15,17H,7-12H2,1-6H3/t17-,21-,22+/m0/s1. The average Bonchev–Trinajstić information content (AvgIpc) is 2.50. The molecule has 3 atom stereocenters. The van der Waals surface area contributed by atoms with Crippen molar-refractivity contribution in [3.05, 3.63) is 11.6 Å². The van der Waals surface area contributed by atoms with Gasteiger partial charge in [0, 0.05) is 18.3 Å². The molecule has 0 spiro atoms. The van der Waals surface area contributed by atoms with Crippen LogP contribution < -0.4 is 0 Å². The van der Waals surface area contributed by atoms with Crippen LogP contribution in [0.25, 0.3) is 0 Å². The highest BCUT2D eigenvalue weighted by Crippen LogP contribution is 2.64. The zero-order chi connectivity index (χ0) is 18.7. The van der Waals surface area contributed by atoms with Crippen LogP contribution in [-0.4, -0.2) is 19.6 Å². The molecule has 0 heterocycles. The maximum Gasteiger partial charge on any atom is 0.155 e. The predicted molar refractivity (Wildman–Crippen MR) is 105 cm³/mol. The van der Waals surface area contributed by atoms with Crippen LogP contribution in [0.5, 0.6) is 0 Å². The van der Waals surface area contributed by atoms with E-state index in [-0.39, 0.29) is 22.0 Å². The van der Waals surface area contributed by atoms with Crippen LogP contribution in [0, 0.1) is 33.6 Å². The molecular weight excluding hydrogens is 324 g/mol. The Bertz CT molecular complexity index is 713. The van der Waals surface area contributed by atoms with Gasteiger partial charge in [0.05, 0.1) is 5.41 Å². The minimum Gasteiger partial charge on any atom is -0.299 e. The van der Waals surface area contributed by atoms with Gasteiger partial charge in [-0.1, -0.05) is 46.3 Å². The summed E-state index contributed by atoms with van der Waals surface area (Å²) in [4.78, 5) is 24.9. The van der Waals surface area contributed by atoms with E-state index in [0.717, 1.165) is 25.7 Å². The Kier molecular flexibility index (Phi) is 4.23. The Morgan fingerprint density at radius 1 is 1.04 bits per heavy atom. The molecule has 0 bridgehead atoms. The normalized spacial score (nSPS) is 37.4. The fourth-order valence-electron chi connectivity index (χ4n) is 5.57. The molecule has 3 aliphatic carbocycles. The zero-order valence-corrected chi connectivity index (χ0v) is 17.7. The lowest BCUT2D eigenvalue weighted by molar-refractivity contribution is -0.141. The second-order valence-electron chi connectivity index (χ2n) is 10.3. The summed E-state index contributed by atoms with van der Waals surface area (Å²) in [7, 11) is -1.47. The van der Waals surface area contributed by atoms with Crippen LogP contribution in [0.3, 0.4) is 0 Å². The summed E-state index contributed by atoms with van der Waals surface area (Å²) in [5, 5.41) is 0. The van der Waals surface area contributed by atoms with Gasteiger partial charge in [-0.15, -0.1) is 5.54 Å². The van der Waals surface area contributed by atoms with Crippen LogP contribution >= 0.6 is 0 Å². The Labute approximate surface area is 153 Å². The summed E-state index contributed by atoms with van der Waals surface area (Å²) in [5.41, 5.74) is 4.37. The third-order valence-corrected chi connectivity index (χ3v) is 7.88. The van der Waals surface area contributed by atoms with E-state index < -0.39 is 8.07 Å². The fourth-order valence-corrected chi connectivity index (χ4v) is 6.18. The highest BCUT2D eigenvalue weighted by atomic mass is 28.3. The Hall–Kier alpha value is -1.14. The van der Waals surface area contributed by atoms with Crippen molar-refractivity contribution in [3.8, 4) is 11.5 Å². The lowest BCUT2D eigenvalue weighted by Gasteiger charge is -2.59. The summed E-state index contributed by atoms with van der Waals surface area (Å²) in [5.74, 6) is 4.65. The van der Waals surface area contributed by atoms with Crippen LogP contribution in [0.1, 0.15) is 59.3 Å². The Morgan fingerprint density at radius 3 is 2.36 bits per heavy atom. The van der Waals surface area contributed by atoms with E-state index in [1.54, 1.807) is 0 Å². The third kappa shape index (κ3) is 2.97. The van der Waals surface area contributed by atoms with Crippen molar-refractivity contribution in [1.29, 1.82) is 0 Å². The highest BCUT2D eigenvalue weighted by Gasteiger charge is 2.59. The number of carbonyl (C=O) groups excluding carboxylic acids is 2. The van der Waals surface area contributed by atoms with Crippen molar-refractivity contribution in [2.75, 3.05) is 0 Å². The molecule has 3 heteroatoms. The number of allylic oxidation sites excluding steroid dienone is 2. The van der Waals surface area contributed by atoms with Crippen LogP contribution in [0.2, 0.25) is 19.6 Å². The molecule has 0 unspecified atom stereocenters. The number of carbonyl (C=O) groups is 2. The highest BCUT2D eigenvalue weighted by molar-refractivity contribution is 6.83. The molecule has 3 rings (SSSR count). The van der Waals surface area contributed by atoms with E-state index in [9.17, 15) is 9.59 Å². The number of hydrogen-bond acceptors (Lipinski definition) is 2. The van der Waals surface area contributed by atoms with E-state index >= 15 is 0 Å². The maximum absolute atomic E-state index is 12.6. The predicted octanol–water partition coefficient (Wildman–Crippen LogP) is 4.95. The Morgan fingerprint density at radius 2 is 1.72 bits per heavy atom. The minimum absolute atomic E-state index is 0.0696. The van der Waals surface area contributed by atoms with Gasteiger partial charge in [0.1, 0.15) is 13.9 Å². The molecule has 0 aromatic heterocycles. The van der Waals surface area contributed by atoms with Gasteiger partial charge in [-0.05, 0) is 48.7 Å². The molecule has 0 radical (unpaired) electrons. The smallest absolute Gasteiger partial charge is 0.155 e. The van der Waals surface area contributed by atoms with Crippen molar-refractivity contribution < 1.29 is 9.59 Å². The number of fused-ring (bicyclic) bond motifs is 3. The second-order valence-corrected chi connectivity index (χ2v) is 15.0. The lowest BCUT2D eigenvalue weighted by Crippen LogP contribution is -2.55. The van der Waals surface area contributed by atoms with Crippen molar-refractivity contribution in [3.63, 3.8) is 0 Å². The minimum atomic E-state index is -1.47. The molecule has 0 saturated heterocycles. The van der Waals surface area contributed by atoms with Gasteiger partial charge in [0.25, 0.3) is 0 Å². The number of rotatable bonds is 0. The SMILES string of the molecule is CC1(C)C(=O)CC[C@]2(C)C3=CC(=O)CC[C@]3(C#C[Si](C)(C)C)CC[C@@H]12. The molecule has 0 aromatic carbocycles. The van der Waals surface area contributed by atoms with Gasteiger partial charge < -0.3 is 0 Å². The number of ketones is 2. The van der Waals surface area contributed by atoms with Crippen molar-refractivity contribution in [2.24, 2.45) is 22.2 Å². The van der Waals surface area contributed by atoms with Crippen LogP contribution in [0.15, 0.2) is 11.6 Å². The summed E-state index contributed by atoms with van der Waals surface area (Å²) in [6.07, 6.45) is 6.96. The van der Waals surface area contributed by atoms with Gasteiger partial charge in [-0.2, -0.15) is 0 Å². The number of hydrogen-bond donors (Lipinski definition) is 0. The summed E-state index contributed by atoms with van der Waals surface area (Å²) in [6, 6.07) is 0. The summed E-state index contributed by atoms with van der Waals surface area (Å²) >= 11 is 0. The van der Waals surface area contributed by atoms with E-state index in [1.165, 1.54) is 5.57 Å². The average molecular weight is 357 g/mol. The first kappa shape index (κ1) is 18.6. The molecule has 136 valence electrons. The van der Waals surface area contributed by atoms with Crippen molar-refractivity contribution >= 4 is 19.6 Å². The lowest BCUT2D eigenvalue weighted by atomic mass is 9.44. The zero-order valence-electron chi connectivity index (χ0n) is 16.7. The van der Waals surface area contributed by atoms with Gasteiger partial charge >= 0.3 is 0 Å². The molecule has 0 N–H and O–H groups in total. The van der Waals surface area contributed by atoms with E-state index in [2.05, 4.69) is 51.9 Å². The van der Waals surface area contributed by atoms with Gasteiger partial charge in [-0.3, -0.25) is 9.59 Å². The molecule has 0 amide bonds. The molecular formula is C22H32O2Si. The maximum atomic E-state index is 12.6. The van der Waals surface area contributed by atoms with Gasteiger partial charge in [-0.25, -0.2) is 0 Å². The quantitative estimate of drug-likeness (QED) is 0.455. The van der Waals surface area contributed by atoms with Crippen LogP contribution in [-0.2, 0) is 9.59 Å². The fraction of sp³-hybridized carbons (Fsp3) is 0.727. The van der Waals surface area contributed by atoms with Crippen LogP contribution in [0.4, 0.5) is 0 Å². The molecule has 0 aliphatic heterocycles. The molecule has 3 aliphatic rings. The number of Topliss-reactive ketones (excluding diaryl/α,β-unsaturated/α-hetero) is 1. The van der Waals surface area contributed by atoms with E-state index in [4.69, 9.17) is 0 Å². The molecule has 0 aromatic rings. The second kappa shape index (κ2) is 5.68. The summed E-state index contributed by atoms with van der Waals surface area (Å²) < 4.78 is 0. The largest absolute Gasteiger partial charge is 0.299 e. The summed E-state index contributed by atoms with van der Waals surface area (Å²) in [6.45, 7) is 13.4. The first-order chi connectivity index (χ1) is 11.4. The first-order valence-corrected chi connectivity index (χ1v) is 13.2. The molecule has 25 heavy (non-hydrogen) atoms. The molecule has 2 fully saturated rings. The van der Waals surface area contributed by atoms with Crippen molar-refractivity contribution in [2.45, 2.75) is 78.9 Å². The van der Waals surface area contributed by atoms with Crippen molar-refractivity contribution in [1.82, 2.24) is 0 Å². The molecule has 2 nitrogen and oxygen atoms in total. The van der Waals surface area contributed by atoms with E-state index in [1.807, 2.05) is 6.08 Å². The third-order valence-electron chi connectivity index (χ3n) is 7.00. The first-order valence-electron chi connectivity index (χ1n) is 9.74. The monoisotopic (exact) mass is 356 g/mol.